The lowest BCUT2D eigenvalue weighted by molar-refractivity contribution is 0.233. The van der Waals surface area contributed by atoms with Crippen molar-refractivity contribution in [2.45, 2.75) is 39.3 Å². The number of aromatic nitrogens is 2. The molecule has 4 nitrogen and oxygen atoms in total. The van der Waals surface area contributed by atoms with E-state index in [2.05, 4.69) is 40.8 Å². The number of aliphatic hydroxyl groups excluding tert-OH is 1. The van der Waals surface area contributed by atoms with Crippen LogP contribution in [0.5, 0.6) is 0 Å². The van der Waals surface area contributed by atoms with Crippen molar-refractivity contribution in [2.75, 3.05) is 13.2 Å². The van der Waals surface area contributed by atoms with Gasteiger partial charge >= 0.3 is 0 Å². The number of likely N-dealkylation sites (N-methyl/N-ethyl adjacent to an activating group) is 1. The van der Waals surface area contributed by atoms with Gasteiger partial charge in [-0.3, -0.25) is 0 Å². The van der Waals surface area contributed by atoms with Crippen molar-refractivity contribution in [3.63, 3.8) is 0 Å². The van der Waals surface area contributed by atoms with Crippen LogP contribution in [0.2, 0.25) is 0 Å². The first-order valence-corrected chi connectivity index (χ1v) is 7.08. The molecule has 2 aromatic rings. The van der Waals surface area contributed by atoms with E-state index < -0.39 is 0 Å². The summed E-state index contributed by atoms with van der Waals surface area (Å²) in [6.07, 6.45) is 1.84. The Balaban J connectivity index is 2.18. The number of para-hydroxylation sites is 2. The second-order valence-electron chi connectivity index (χ2n) is 4.75. The number of nitrogens with one attached hydrogen (secondary N) is 1. The Bertz CT molecular complexity index is 521. The molecule has 0 amide bonds. The molecular formula is C15H23N3O. The van der Waals surface area contributed by atoms with Crippen LogP contribution >= 0.6 is 0 Å². The van der Waals surface area contributed by atoms with Crippen LogP contribution < -0.4 is 5.32 Å². The van der Waals surface area contributed by atoms with Crippen molar-refractivity contribution in [1.29, 1.82) is 0 Å². The van der Waals surface area contributed by atoms with Crippen LogP contribution in [0.25, 0.3) is 11.0 Å². The zero-order chi connectivity index (χ0) is 13.7. The van der Waals surface area contributed by atoms with Crippen LogP contribution in [0, 0.1) is 0 Å². The Hall–Kier alpha value is -1.39. The first-order chi connectivity index (χ1) is 9.30. The summed E-state index contributed by atoms with van der Waals surface area (Å²) in [4.78, 5) is 4.66. The maximum atomic E-state index is 9.34. The van der Waals surface area contributed by atoms with Gasteiger partial charge in [-0.1, -0.05) is 26.0 Å². The summed E-state index contributed by atoms with van der Waals surface area (Å²) >= 11 is 0. The zero-order valence-corrected chi connectivity index (χ0v) is 11.8. The smallest absolute Gasteiger partial charge is 0.109 e. The minimum absolute atomic E-state index is 0.163. The topological polar surface area (TPSA) is 50.1 Å². The molecule has 0 bridgehead atoms. The fourth-order valence-electron chi connectivity index (χ4n) is 2.48. The normalized spacial score (nSPS) is 13.0. The van der Waals surface area contributed by atoms with E-state index in [1.165, 1.54) is 5.52 Å². The Morgan fingerprint density at radius 1 is 1.32 bits per heavy atom. The van der Waals surface area contributed by atoms with Crippen LogP contribution in [0.4, 0.5) is 0 Å². The summed E-state index contributed by atoms with van der Waals surface area (Å²) in [6, 6.07) is 8.40. The van der Waals surface area contributed by atoms with Crippen molar-refractivity contribution < 1.29 is 5.11 Å². The molecule has 4 heteroatoms. The average molecular weight is 261 g/mol. The third-order valence-electron chi connectivity index (χ3n) is 3.46. The largest absolute Gasteiger partial charge is 0.395 e. The van der Waals surface area contributed by atoms with Gasteiger partial charge in [0, 0.05) is 19.0 Å². The highest BCUT2D eigenvalue weighted by Crippen LogP contribution is 2.17. The minimum Gasteiger partial charge on any atom is -0.395 e. The highest BCUT2D eigenvalue weighted by Gasteiger charge is 2.11. The van der Waals surface area contributed by atoms with Crippen molar-refractivity contribution >= 4 is 11.0 Å². The van der Waals surface area contributed by atoms with E-state index in [-0.39, 0.29) is 12.6 Å². The molecule has 104 valence electrons. The first kappa shape index (κ1) is 14.0. The molecule has 1 atom stereocenters. The number of imidazole rings is 1. The van der Waals surface area contributed by atoms with Gasteiger partial charge in [-0.25, -0.2) is 4.98 Å². The predicted molar refractivity (Wildman–Crippen MR) is 78.3 cm³/mol. The van der Waals surface area contributed by atoms with Gasteiger partial charge in [-0.15, -0.1) is 0 Å². The second kappa shape index (κ2) is 6.68. The lowest BCUT2D eigenvalue weighted by Crippen LogP contribution is -2.33. The molecule has 1 aromatic heterocycles. The molecule has 2 N–H and O–H groups in total. The van der Waals surface area contributed by atoms with E-state index >= 15 is 0 Å². The van der Waals surface area contributed by atoms with Crippen LogP contribution in [-0.4, -0.2) is 33.9 Å². The molecular weight excluding hydrogens is 238 g/mol. The van der Waals surface area contributed by atoms with Gasteiger partial charge in [-0.05, 0) is 25.1 Å². The second-order valence-corrected chi connectivity index (χ2v) is 4.75. The van der Waals surface area contributed by atoms with E-state index in [1.807, 2.05) is 12.1 Å². The monoisotopic (exact) mass is 261 g/mol. The van der Waals surface area contributed by atoms with Gasteiger partial charge in [0.25, 0.3) is 0 Å². The van der Waals surface area contributed by atoms with Gasteiger partial charge < -0.3 is 15.0 Å². The Morgan fingerprint density at radius 3 is 2.79 bits per heavy atom. The van der Waals surface area contributed by atoms with Crippen LogP contribution in [0.1, 0.15) is 26.1 Å². The Labute approximate surface area is 114 Å². The van der Waals surface area contributed by atoms with Gasteiger partial charge in [0.15, 0.2) is 0 Å². The summed E-state index contributed by atoms with van der Waals surface area (Å²) in [5, 5.41) is 12.6. The highest BCUT2D eigenvalue weighted by atomic mass is 16.3. The van der Waals surface area contributed by atoms with Crippen LogP contribution in [0.15, 0.2) is 24.3 Å². The third kappa shape index (κ3) is 3.14. The molecule has 0 aliphatic carbocycles. The lowest BCUT2D eigenvalue weighted by atomic mass is 10.2. The molecule has 1 heterocycles. The quantitative estimate of drug-likeness (QED) is 0.801. The van der Waals surface area contributed by atoms with E-state index in [4.69, 9.17) is 0 Å². The summed E-state index contributed by atoms with van der Waals surface area (Å²) in [7, 11) is 0. The molecule has 19 heavy (non-hydrogen) atoms. The van der Waals surface area contributed by atoms with Gasteiger partial charge in [0.2, 0.25) is 0 Å². The molecule has 2 rings (SSSR count). The van der Waals surface area contributed by atoms with E-state index in [0.717, 1.165) is 37.3 Å². The number of benzene rings is 1. The zero-order valence-electron chi connectivity index (χ0n) is 11.8. The van der Waals surface area contributed by atoms with Crippen LogP contribution in [0.3, 0.4) is 0 Å². The molecule has 1 aromatic carbocycles. The number of rotatable bonds is 7. The molecule has 1 unspecified atom stereocenters. The SMILES string of the molecule is CCNC(CO)CCn1c(CC)nc2ccccc21. The highest BCUT2D eigenvalue weighted by molar-refractivity contribution is 5.75. The molecule has 0 saturated carbocycles. The van der Waals surface area contributed by atoms with Crippen molar-refractivity contribution in [1.82, 2.24) is 14.9 Å². The molecule has 0 spiro atoms. The van der Waals surface area contributed by atoms with Crippen LogP contribution in [-0.2, 0) is 13.0 Å². The summed E-state index contributed by atoms with van der Waals surface area (Å²) in [5.41, 5.74) is 2.25. The van der Waals surface area contributed by atoms with Gasteiger partial charge in [-0.2, -0.15) is 0 Å². The first-order valence-electron chi connectivity index (χ1n) is 7.08. The van der Waals surface area contributed by atoms with Crippen molar-refractivity contribution in [2.24, 2.45) is 0 Å². The van der Waals surface area contributed by atoms with Gasteiger partial charge in [0.1, 0.15) is 5.82 Å². The number of hydrogen-bond acceptors (Lipinski definition) is 3. The number of nitrogens with zero attached hydrogens (tertiary/aromatic N) is 2. The van der Waals surface area contributed by atoms with Gasteiger partial charge in [0.05, 0.1) is 17.6 Å². The number of hydrogen-bond donors (Lipinski definition) is 2. The van der Waals surface area contributed by atoms with E-state index in [1.54, 1.807) is 0 Å². The maximum absolute atomic E-state index is 9.34. The van der Waals surface area contributed by atoms with E-state index in [9.17, 15) is 5.11 Å². The summed E-state index contributed by atoms with van der Waals surface area (Å²) < 4.78 is 2.27. The molecule has 0 aliphatic heterocycles. The number of aryl methyl sites for hydroxylation is 2. The predicted octanol–water partition coefficient (Wildman–Crippen LogP) is 1.96. The van der Waals surface area contributed by atoms with Crippen molar-refractivity contribution in [3.8, 4) is 0 Å². The summed E-state index contributed by atoms with van der Waals surface area (Å²) in [6.45, 7) is 6.15. The Morgan fingerprint density at radius 2 is 2.11 bits per heavy atom. The third-order valence-corrected chi connectivity index (χ3v) is 3.46. The molecule has 0 fully saturated rings. The molecule has 0 aliphatic rings. The van der Waals surface area contributed by atoms with E-state index in [0.29, 0.717) is 0 Å². The number of fused-ring (bicyclic) bond motifs is 1. The standard InChI is InChI=1S/C15H23N3O/c1-3-15-17-13-7-5-6-8-14(13)18(15)10-9-12(11-19)16-4-2/h5-8,12,16,19H,3-4,9-11H2,1-2H3. The van der Waals surface area contributed by atoms with Crippen molar-refractivity contribution in [3.05, 3.63) is 30.1 Å². The maximum Gasteiger partial charge on any atom is 0.109 e. The average Bonchev–Trinajstić information content (AvgIpc) is 2.81. The molecule has 0 saturated heterocycles. The molecule has 0 radical (unpaired) electrons. The number of aliphatic hydroxyl groups is 1. The fourth-order valence-corrected chi connectivity index (χ4v) is 2.48. The Kier molecular flexibility index (Phi) is 4.93. The minimum atomic E-state index is 0.163. The summed E-state index contributed by atoms with van der Waals surface area (Å²) in [5.74, 6) is 1.12. The fraction of sp³-hybridized carbons (Fsp3) is 0.533. The lowest BCUT2D eigenvalue weighted by Gasteiger charge is -2.16.